The zero-order chi connectivity index (χ0) is 17.3. The van der Waals surface area contributed by atoms with Crippen molar-refractivity contribution in [1.82, 2.24) is 9.88 Å². The van der Waals surface area contributed by atoms with Gasteiger partial charge in [0.25, 0.3) is 5.91 Å². The highest BCUT2D eigenvalue weighted by Crippen LogP contribution is 2.30. The molecular weight excluding hydrogens is 327 g/mol. The molecule has 0 radical (unpaired) electrons. The topological polar surface area (TPSA) is 42.4 Å². The average molecular weight is 344 g/mol. The van der Waals surface area contributed by atoms with Gasteiger partial charge < -0.3 is 9.64 Å². The summed E-state index contributed by atoms with van der Waals surface area (Å²) in [5.41, 5.74) is 0.923. The molecule has 0 spiro atoms. The molecule has 0 aliphatic rings. The zero-order valence-electron chi connectivity index (χ0n) is 13.6. The van der Waals surface area contributed by atoms with Crippen molar-refractivity contribution in [3.05, 3.63) is 58.9 Å². The second-order valence-corrected chi connectivity index (χ2v) is 6.52. The molecule has 0 saturated heterocycles. The highest BCUT2D eigenvalue weighted by Gasteiger charge is 2.24. The highest BCUT2D eigenvalue weighted by molar-refractivity contribution is 7.18. The van der Waals surface area contributed by atoms with Crippen molar-refractivity contribution in [1.29, 1.82) is 0 Å². The molecule has 124 valence electrons. The lowest BCUT2D eigenvalue weighted by atomic mass is 10.1. The number of carbonyl (C=O) groups is 1. The van der Waals surface area contributed by atoms with E-state index in [9.17, 15) is 9.18 Å². The third-order valence-corrected chi connectivity index (χ3v) is 5.18. The second-order valence-electron chi connectivity index (χ2n) is 5.46. The third kappa shape index (κ3) is 2.97. The molecule has 2 aromatic carbocycles. The van der Waals surface area contributed by atoms with E-state index in [1.54, 1.807) is 13.1 Å². The molecule has 1 aromatic heterocycles. The fourth-order valence-electron chi connectivity index (χ4n) is 2.40. The second kappa shape index (κ2) is 6.57. The summed E-state index contributed by atoms with van der Waals surface area (Å²) in [6.45, 7) is 1.89. The molecule has 0 aliphatic carbocycles. The maximum Gasteiger partial charge on any atom is 0.257 e. The Bertz CT molecular complexity index is 861. The maximum atomic E-state index is 14.1. The Morgan fingerprint density at radius 2 is 2.04 bits per heavy atom. The standard InChI is InChI=1S/C18H17FN2O2S/c1-11(17-20-15-6-4-5-7-16(15)24-17)21(2)18(22)13-9-8-12(23-3)10-14(13)19/h4-11H,1-3H3/t11-/m1/s1. The first-order valence-electron chi connectivity index (χ1n) is 7.47. The first-order chi connectivity index (χ1) is 11.5. The van der Waals surface area contributed by atoms with Gasteiger partial charge >= 0.3 is 0 Å². The lowest BCUT2D eigenvalue weighted by molar-refractivity contribution is 0.0737. The first-order valence-corrected chi connectivity index (χ1v) is 8.29. The Kier molecular flexibility index (Phi) is 4.49. The van der Waals surface area contributed by atoms with Gasteiger partial charge in [-0.2, -0.15) is 0 Å². The molecule has 3 rings (SSSR count). The van der Waals surface area contributed by atoms with Crippen LogP contribution >= 0.6 is 11.3 Å². The zero-order valence-corrected chi connectivity index (χ0v) is 14.4. The smallest absolute Gasteiger partial charge is 0.257 e. The van der Waals surface area contributed by atoms with E-state index in [2.05, 4.69) is 4.98 Å². The van der Waals surface area contributed by atoms with Crippen molar-refractivity contribution < 1.29 is 13.9 Å². The number of halogens is 1. The van der Waals surface area contributed by atoms with Gasteiger partial charge in [0.05, 0.1) is 28.9 Å². The average Bonchev–Trinajstić information content (AvgIpc) is 3.03. The van der Waals surface area contributed by atoms with Gasteiger partial charge in [-0.1, -0.05) is 12.1 Å². The number of hydrogen-bond donors (Lipinski definition) is 0. The largest absolute Gasteiger partial charge is 0.497 e. The normalized spacial score (nSPS) is 12.2. The minimum Gasteiger partial charge on any atom is -0.497 e. The van der Waals surface area contributed by atoms with Gasteiger partial charge in [-0.05, 0) is 31.2 Å². The minimum atomic E-state index is -0.595. The maximum absolute atomic E-state index is 14.1. The summed E-state index contributed by atoms with van der Waals surface area (Å²) in [5.74, 6) is -0.601. The van der Waals surface area contributed by atoms with Gasteiger partial charge in [0.2, 0.25) is 0 Å². The lowest BCUT2D eigenvalue weighted by Crippen LogP contribution is -2.30. The minimum absolute atomic E-state index is 0.0197. The molecule has 4 nitrogen and oxygen atoms in total. The van der Waals surface area contributed by atoms with Crippen LogP contribution in [0, 0.1) is 5.82 Å². The number of hydrogen-bond acceptors (Lipinski definition) is 4. The third-order valence-electron chi connectivity index (χ3n) is 3.98. The number of aromatic nitrogens is 1. The fraction of sp³-hybridized carbons (Fsp3) is 0.222. The summed E-state index contributed by atoms with van der Waals surface area (Å²) in [6, 6.07) is 11.8. The number of rotatable bonds is 4. The molecule has 0 saturated carbocycles. The van der Waals surface area contributed by atoms with Crippen LogP contribution in [0.1, 0.15) is 28.3 Å². The summed E-state index contributed by atoms with van der Waals surface area (Å²) in [5, 5.41) is 0.820. The van der Waals surface area contributed by atoms with Crippen molar-refractivity contribution in [2.24, 2.45) is 0 Å². The summed E-state index contributed by atoms with van der Waals surface area (Å²) in [7, 11) is 3.11. The summed E-state index contributed by atoms with van der Waals surface area (Å²) in [6.07, 6.45) is 0. The fourth-order valence-corrected chi connectivity index (χ4v) is 3.46. The van der Waals surface area contributed by atoms with Crippen LogP contribution in [-0.2, 0) is 0 Å². The molecule has 1 amide bonds. The molecule has 0 bridgehead atoms. The Balaban J connectivity index is 1.87. The number of ether oxygens (including phenoxy) is 1. The number of methoxy groups -OCH3 is 1. The number of fused-ring (bicyclic) bond motifs is 1. The summed E-state index contributed by atoms with van der Waals surface area (Å²) in [4.78, 5) is 18.7. The van der Waals surface area contributed by atoms with E-state index in [0.29, 0.717) is 5.75 Å². The molecule has 3 aromatic rings. The van der Waals surface area contributed by atoms with E-state index in [-0.39, 0.29) is 17.5 Å². The number of carbonyl (C=O) groups excluding carboxylic acids is 1. The SMILES string of the molecule is COc1ccc(C(=O)N(C)[C@H](C)c2nc3ccccc3s2)c(F)c1. The number of thiazole rings is 1. The van der Waals surface area contributed by atoms with Crippen LogP contribution in [0.4, 0.5) is 4.39 Å². The van der Waals surface area contributed by atoms with Crippen LogP contribution in [0.3, 0.4) is 0 Å². The highest BCUT2D eigenvalue weighted by atomic mass is 32.1. The molecule has 0 N–H and O–H groups in total. The Hall–Kier alpha value is -2.47. The monoisotopic (exact) mass is 344 g/mol. The summed E-state index contributed by atoms with van der Waals surface area (Å²) < 4.78 is 20.2. The van der Waals surface area contributed by atoms with E-state index in [0.717, 1.165) is 15.2 Å². The molecule has 1 atom stereocenters. The van der Waals surface area contributed by atoms with Crippen LogP contribution in [-0.4, -0.2) is 29.9 Å². The number of para-hydroxylation sites is 1. The van der Waals surface area contributed by atoms with E-state index >= 15 is 0 Å². The van der Waals surface area contributed by atoms with Gasteiger partial charge in [0, 0.05) is 13.1 Å². The van der Waals surface area contributed by atoms with Crippen molar-refractivity contribution in [2.75, 3.05) is 14.2 Å². The quantitative estimate of drug-likeness (QED) is 0.709. The molecular formula is C18H17FN2O2S. The van der Waals surface area contributed by atoms with Gasteiger partial charge in [0.15, 0.2) is 0 Å². The van der Waals surface area contributed by atoms with Gasteiger partial charge in [-0.3, -0.25) is 4.79 Å². The Morgan fingerprint density at radius 1 is 1.29 bits per heavy atom. The van der Waals surface area contributed by atoms with Crippen LogP contribution in [0.2, 0.25) is 0 Å². The van der Waals surface area contributed by atoms with Crippen molar-refractivity contribution in [3.8, 4) is 5.75 Å². The molecule has 1 heterocycles. The van der Waals surface area contributed by atoms with Crippen molar-refractivity contribution >= 4 is 27.5 Å². The number of amides is 1. The number of nitrogens with zero attached hydrogens (tertiary/aromatic N) is 2. The molecule has 24 heavy (non-hydrogen) atoms. The molecule has 0 aliphatic heterocycles. The van der Waals surface area contributed by atoms with Crippen LogP contribution in [0.15, 0.2) is 42.5 Å². The van der Waals surface area contributed by atoms with Crippen LogP contribution in [0.25, 0.3) is 10.2 Å². The van der Waals surface area contributed by atoms with Gasteiger partial charge in [-0.25, -0.2) is 9.37 Å². The molecule has 0 unspecified atom stereocenters. The van der Waals surface area contributed by atoms with E-state index in [1.165, 1.54) is 35.5 Å². The van der Waals surface area contributed by atoms with Crippen molar-refractivity contribution in [3.63, 3.8) is 0 Å². The predicted octanol–water partition coefficient (Wildman–Crippen LogP) is 4.28. The van der Waals surface area contributed by atoms with Gasteiger partial charge in [0.1, 0.15) is 16.6 Å². The van der Waals surface area contributed by atoms with Gasteiger partial charge in [-0.15, -0.1) is 11.3 Å². The first kappa shape index (κ1) is 16.4. The van der Waals surface area contributed by atoms with Crippen LogP contribution in [0.5, 0.6) is 5.75 Å². The Labute approximate surface area is 143 Å². The van der Waals surface area contributed by atoms with E-state index in [1.807, 2.05) is 31.2 Å². The Morgan fingerprint density at radius 3 is 2.71 bits per heavy atom. The van der Waals surface area contributed by atoms with Crippen LogP contribution < -0.4 is 4.74 Å². The van der Waals surface area contributed by atoms with Crippen molar-refractivity contribution in [2.45, 2.75) is 13.0 Å². The summed E-state index contributed by atoms with van der Waals surface area (Å²) >= 11 is 1.54. The lowest BCUT2D eigenvalue weighted by Gasteiger charge is -2.23. The number of benzene rings is 2. The van der Waals surface area contributed by atoms with E-state index < -0.39 is 5.82 Å². The molecule has 6 heteroatoms. The van der Waals surface area contributed by atoms with E-state index in [4.69, 9.17) is 4.74 Å². The predicted molar refractivity (Wildman–Crippen MR) is 93.1 cm³/mol. The molecule has 0 fully saturated rings.